The van der Waals surface area contributed by atoms with Crippen LogP contribution in [0.3, 0.4) is 0 Å². The van der Waals surface area contributed by atoms with Crippen molar-refractivity contribution in [1.29, 1.82) is 0 Å². The van der Waals surface area contributed by atoms with Crippen LogP contribution in [0.1, 0.15) is 0 Å². The maximum atomic E-state index is 8.74. The van der Waals surface area contributed by atoms with Gasteiger partial charge in [-0.2, -0.15) is 8.42 Å². The average molecular weight is 440 g/mol. The topological polar surface area (TPSA) is 119 Å². The maximum absolute atomic E-state index is 8.74. The number of benzene rings is 2. The smallest absolute Gasteiger partial charge is 0.394 e. The summed E-state index contributed by atoms with van der Waals surface area (Å²) >= 11 is 0. The van der Waals surface area contributed by atoms with Crippen molar-refractivity contribution in [3.8, 4) is 23.0 Å². The zero-order valence-corrected chi connectivity index (χ0v) is 17.0. The lowest BCUT2D eigenvalue weighted by Crippen LogP contribution is -1.89. The third-order valence-corrected chi connectivity index (χ3v) is 3.23. The molecule has 4 aromatic rings. The van der Waals surface area contributed by atoms with Gasteiger partial charge in [-0.3, -0.25) is 19.1 Å². The summed E-state index contributed by atoms with van der Waals surface area (Å²) in [7, 11) is -4.67. The molecule has 2 aromatic heterocycles. The number of hydrogen-bond donors (Lipinski definition) is 2. The highest BCUT2D eigenvalue weighted by atomic mass is 32.3. The minimum Gasteiger partial charge on any atom is -0.456 e. The van der Waals surface area contributed by atoms with Crippen LogP contribution in [0.2, 0.25) is 0 Å². The number of nitrogens with zero attached hydrogens (tertiary/aromatic N) is 2. The van der Waals surface area contributed by atoms with Crippen molar-refractivity contribution in [3.05, 3.63) is 110 Å². The summed E-state index contributed by atoms with van der Waals surface area (Å²) in [5, 5.41) is 0. The van der Waals surface area contributed by atoms with E-state index in [9.17, 15) is 0 Å². The standard InChI is InChI=1S/2C11H9NO.H2O4S/c2*1-2-5-10(6-3-1)13-11-7-4-8-12-9-11;1-5(2,3)4/h2*1-9H;(H2,1,2,3,4). The molecule has 4 rings (SSSR count). The fourth-order valence-electron chi connectivity index (χ4n) is 2.06. The highest BCUT2D eigenvalue weighted by Gasteiger charge is 1.94. The van der Waals surface area contributed by atoms with E-state index in [0.29, 0.717) is 0 Å². The van der Waals surface area contributed by atoms with E-state index in [1.54, 1.807) is 24.8 Å². The van der Waals surface area contributed by atoms with Crippen LogP contribution < -0.4 is 9.47 Å². The fraction of sp³-hybridized carbons (Fsp3) is 0. The minimum atomic E-state index is -4.67. The van der Waals surface area contributed by atoms with Gasteiger partial charge < -0.3 is 9.47 Å². The molecule has 0 aliphatic carbocycles. The van der Waals surface area contributed by atoms with E-state index in [4.69, 9.17) is 27.0 Å². The van der Waals surface area contributed by atoms with E-state index in [0.717, 1.165) is 23.0 Å². The van der Waals surface area contributed by atoms with Gasteiger partial charge >= 0.3 is 10.4 Å². The van der Waals surface area contributed by atoms with Crippen molar-refractivity contribution in [2.45, 2.75) is 0 Å². The Morgan fingerprint density at radius 1 is 0.548 bits per heavy atom. The summed E-state index contributed by atoms with van der Waals surface area (Å²) < 4.78 is 42.6. The van der Waals surface area contributed by atoms with E-state index >= 15 is 0 Å². The first-order chi connectivity index (χ1) is 14.9. The molecule has 2 aromatic carbocycles. The molecule has 0 amide bonds. The summed E-state index contributed by atoms with van der Waals surface area (Å²) in [5.74, 6) is 3.17. The molecule has 0 aliphatic rings. The van der Waals surface area contributed by atoms with Crippen molar-refractivity contribution >= 4 is 10.4 Å². The van der Waals surface area contributed by atoms with Crippen LogP contribution in [-0.2, 0) is 10.4 Å². The highest BCUT2D eigenvalue weighted by molar-refractivity contribution is 7.79. The van der Waals surface area contributed by atoms with Gasteiger partial charge in [0.1, 0.15) is 23.0 Å². The van der Waals surface area contributed by atoms with Gasteiger partial charge in [-0.25, -0.2) is 0 Å². The molecular formula is C22H20N2O6S. The van der Waals surface area contributed by atoms with Gasteiger partial charge in [-0.05, 0) is 48.5 Å². The van der Waals surface area contributed by atoms with Crippen LogP contribution in [0.25, 0.3) is 0 Å². The molecule has 8 nitrogen and oxygen atoms in total. The first-order valence-corrected chi connectivity index (χ1v) is 10.3. The third-order valence-electron chi connectivity index (χ3n) is 3.23. The first kappa shape index (κ1) is 23.5. The second-order valence-corrected chi connectivity index (χ2v) is 6.55. The van der Waals surface area contributed by atoms with Gasteiger partial charge in [0.25, 0.3) is 0 Å². The number of para-hydroxylation sites is 2. The Labute approximate surface area is 180 Å². The third kappa shape index (κ3) is 11.7. The molecule has 0 saturated heterocycles. The van der Waals surface area contributed by atoms with Gasteiger partial charge in [-0.15, -0.1) is 0 Å². The van der Waals surface area contributed by atoms with Crippen LogP contribution in [0.4, 0.5) is 0 Å². The van der Waals surface area contributed by atoms with Crippen LogP contribution >= 0.6 is 0 Å². The Morgan fingerprint density at radius 3 is 1.16 bits per heavy atom. The SMILES string of the molecule is O=S(=O)(O)O.c1ccc(Oc2cccnc2)cc1.c1ccc(Oc2cccnc2)cc1. The Morgan fingerprint density at radius 2 is 0.871 bits per heavy atom. The number of pyridine rings is 2. The second-order valence-electron chi connectivity index (χ2n) is 5.66. The summed E-state index contributed by atoms with van der Waals surface area (Å²) in [6, 6.07) is 26.7. The quantitative estimate of drug-likeness (QED) is 0.421. The van der Waals surface area contributed by atoms with Crippen LogP contribution in [-0.4, -0.2) is 27.5 Å². The Balaban J connectivity index is 0.000000182. The average Bonchev–Trinajstić information content (AvgIpc) is 2.76. The highest BCUT2D eigenvalue weighted by Crippen LogP contribution is 2.19. The lowest BCUT2D eigenvalue weighted by molar-refractivity contribution is 0.381. The molecule has 31 heavy (non-hydrogen) atoms. The molecule has 0 atom stereocenters. The summed E-state index contributed by atoms with van der Waals surface area (Å²) in [6.07, 6.45) is 6.82. The fourth-order valence-corrected chi connectivity index (χ4v) is 2.06. The number of rotatable bonds is 4. The predicted molar refractivity (Wildman–Crippen MR) is 116 cm³/mol. The molecule has 2 N–H and O–H groups in total. The summed E-state index contributed by atoms with van der Waals surface area (Å²) in [4.78, 5) is 7.91. The van der Waals surface area contributed by atoms with Gasteiger partial charge in [0.15, 0.2) is 0 Å². The molecule has 0 saturated carbocycles. The molecular weight excluding hydrogens is 420 g/mol. The number of ether oxygens (including phenoxy) is 2. The largest absolute Gasteiger partial charge is 0.456 e. The maximum Gasteiger partial charge on any atom is 0.394 e. The minimum absolute atomic E-state index is 0.758. The lowest BCUT2D eigenvalue weighted by Gasteiger charge is -2.03. The zero-order chi connectivity index (χ0) is 22.4. The molecule has 0 unspecified atom stereocenters. The summed E-state index contributed by atoms with van der Waals surface area (Å²) in [5.41, 5.74) is 0. The number of hydrogen-bond acceptors (Lipinski definition) is 6. The Hall–Kier alpha value is -3.79. The molecule has 0 radical (unpaired) electrons. The van der Waals surface area contributed by atoms with E-state index < -0.39 is 10.4 Å². The van der Waals surface area contributed by atoms with Gasteiger partial charge in [-0.1, -0.05) is 36.4 Å². The van der Waals surface area contributed by atoms with Crippen molar-refractivity contribution in [2.24, 2.45) is 0 Å². The van der Waals surface area contributed by atoms with Crippen molar-refractivity contribution < 1.29 is 27.0 Å². The van der Waals surface area contributed by atoms with Crippen molar-refractivity contribution in [2.75, 3.05) is 0 Å². The molecule has 0 bridgehead atoms. The van der Waals surface area contributed by atoms with E-state index in [2.05, 4.69) is 9.97 Å². The lowest BCUT2D eigenvalue weighted by atomic mass is 10.3. The second kappa shape index (κ2) is 12.7. The predicted octanol–water partition coefficient (Wildman–Crippen LogP) is 5.10. The molecule has 2 heterocycles. The molecule has 0 fully saturated rings. The van der Waals surface area contributed by atoms with Gasteiger partial charge in [0.2, 0.25) is 0 Å². The molecule has 0 spiro atoms. The number of aromatic nitrogens is 2. The van der Waals surface area contributed by atoms with Crippen molar-refractivity contribution in [3.63, 3.8) is 0 Å². The van der Waals surface area contributed by atoms with Crippen molar-refractivity contribution in [1.82, 2.24) is 9.97 Å². The molecule has 9 heteroatoms. The van der Waals surface area contributed by atoms with E-state index in [-0.39, 0.29) is 0 Å². The van der Waals surface area contributed by atoms with Gasteiger partial charge in [0, 0.05) is 12.4 Å². The summed E-state index contributed by atoms with van der Waals surface area (Å²) in [6.45, 7) is 0. The van der Waals surface area contributed by atoms with Crippen LogP contribution in [0.15, 0.2) is 110 Å². The Kier molecular flexibility index (Phi) is 9.63. The zero-order valence-electron chi connectivity index (χ0n) is 16.2. The van der Waals surface area contributed by atoms with E-state index in [1.807, 2.05) is 84.9 Å². The Bertz CT molecular complexity index is 938. The van der Waals surface area contributed by atoms with E-state index in [1.165, 1.54) is 0 Å². The molecule has 160 valence electrons. The first-order valence-electron chi connectivity index (χ1n) is 8.86. The van der Waals surface area contributed by atoms with Gasteiger partial charge in [0.05, 0.1) is 12.4 Å². The molecule has 0 aliphatic heterocycles. The van der Waals surface area contributed by atoms with Crippen LogP contribution in [0, 0.1) is 0 Å². The normalized spacial score (nSPS) is 9.87. The monoisotopic (exact) mass is 440 g/mol. The van der Waals surface area contributed by atoms with Crippen LogP contribution in [0.5, 0.6) is 23.0 Å².